The van der Waals surface area contributed by atoms with Crippen LogP contribution in [0.4, 0.5) is 0 Å². The van der Waals surface area contributed by atoms with Crippen LogP contribution in [0.3, 0.4) is 0 Å². The Kier molecular flexibility index (Phi) is 4.82. The van der Waals surface area contributed by atoms with Gasteiger partial charge in [-0.3, -0.25) is 0 Å². The second-order valence-corrected chi connectivity index (χ2v) is 5.31. The first-order chi connectivity index (χ1) is 11.7. The highest BCUT2D eigenvalue weighted by Crippen LogP contribution is 2.24. The van der Waals surface area contributed by atoms with E-state index in [-0.39, 0.29) is 6.61 Å². The van der Waals surface area contributed by atoms with Crippen molar-refractivity contribution in [2.75, 3.05) is 7.11 Å². The molecule has 0 saturated carbocycles. The molecule has 0 unspecified atom stereocenters. The van der Waals surface area contributed by atoms with Gasteiger partial charge in [0.25, 0.3) is 0 Å². The van der Waals surface area contributed by atoms with E-state index >= 15 is 0 Å². The van der Waals surface area contributed by atoms with Gasteiger partial charge in [-0.2, -0.15) is 0 Å². The van der Waals surface area contributed by atoms with Crippen LogP contribution in [0.1, 0.15) is 11.3 Å². The van der Waals surface area contributed by atoms with Crippen molar-refractivity contribution in [3.63, 3.8) is 0 Å². The maximum Gasteiger partial charge on any atom is 0.331 e. The number of aromatic nitrogens is 1. The van der Waals surface area contributed by atoms with E-state index in [1.165, 1.54) is 18.4 Å². The van der Waals surface area contributed by atoms with E-state index in [9.17, 15) is 4.79 Å². The Morgan fingerprint density at radius 2 is 2.21 bits per heavy atom. The number of ether oxygens (including phenoxy) is 2. The zero-order valence-corrected chi connectivity index (χ0v) is 13.6. The van der Waals surface area contributed by atoms with Crippen LogP contribution in [0, 0.1) is 0 Å². The zero-order chi connectivity index (χ0) is 16.9. The van der Waals surface area contributed by atoms with Crippen molar-refractivity contribution in [3.05, 3.63) is 65.2 Å². The molecule has 2 aromatic heterocycles. The maximum atomic E-state index is 11.7. The minimum atomic E-state index is -0.489. The summed E-state index contributed by atoms with van der Waals surface area (Å²) in [5, 5.41) is 1.18. The van der Waals surface area contributed by atoms with Crippen LogP contribution in [0.15, 0.2) is 53.2 Å². The van der Waals surface area contributed by atoms with E-state index in [0.29, 0.717) is 27.7 Å². The number of carbonyl (C=O) groups is 1. The zero-order valence-electron chi connectivity index (χ0n) is 12.9. The third-order valence-corrected chi connectivity index (χ3v) is 3.67. The van der Waals surface area contributed by atoms with Gasteiger partial charge in [0.2, 0.25) is 0 Å². The van der Waals surface area contributed by atoms with Crippen molar-refractivity contribution in [3.8, 4) is 5.75 Å². The molecule has 3 rings (SSSR count). The van der Waals surface area contributed by atoms with Gasteiger partial charge in [0.05, 0.1) is 18.9 Å². The van der Waals surface area contributed by atoms with E-state index in [4.69, 9.17) is 25.5 Å². The van der Waals surface area contributed by atoms with Crippen molar-refractivity contribution >= 4 is 34.5 Å². The van der Waals surface area contributed by atoms with Gasteiger partial charge in [0.15, 0.2) is 0 Å². The Morgan fingerprint density at radius 1 is 1.33 bits per heavy atom. The van der Waals surface area contributed by atoms with Crippen molar-refractivity contribution in [1.29, 1.82) is 0 Å². The molecule has 0 amide bonds. The van der Waals surface area contributed by atoms with Gasteiger partial charge in [-0.25, -0.2) is 9.78 Å². The van der Waals surface area contributed by atoms with E-state index in [1.54, 1.807) is 25.3 Å². The first-order valence-electron chi connectivity index (χ1n) is 7.17. The lowest BCUT2D eigenvalue weighted by Crippen LogP contribution is -2.02. The smallest absolute Gasteiger partial charge is 0.331 e. The topological polar surface area (TPSA) is 61.6 Å². The van der Waals surface area contributed by atoms with E-state index in [1.807, 2.05) is 18.2 Å². The molecular formula is C18H14ClNO4. The Balaban J connectivity index is 1.70. The molecule has 2 heterocycles. The first-order valence-corrected chi connectivity index (χ1v) is 7.55. The number of rotatable bonds is 5. The normalized spacial score (nSPS) is 11.1. The van der Waals surface area contributed by atoms with Crippen molar-refractivity contribution in [1.82, 2.24) is 4.98 Å². The predicted octanol–water partition coefficient (Wildman–Crippen LogP) is 4.25. The molecule has 6 heteroatoms. The SMILES string of the molecule is COc1ccc2cc(COC(=O)/C=C/c3ccco3)c(Cl)nc2c1. The van der Waals surface area contributed by atoms with Gasteiger partial charge in [0, 0.05) is 23.1 Å². The summed E-state index contributed by atoms with van der Waals surface area (Å²) in [4.78, 5) is 16.0. The highest BCUT2D eigenvalue weighted by atomic mass is 35.5. The maximum absolute atomic E-state index is 11.7. The molecule has 0 saturated heterocycles. The second kappa shape index (κ2) is 7.19. The number of benzene rings is 1. The molecule has 122 valence electrons. The highest BCUT2D eigenvalue weighted by Gasteiger charge is 2.08. The molecule has 0 N–H and O–H groups in total. The molecule has 0 fully saturated rings. The molecular weight excluding hydrogens is 330 g/mol. The average molecular weight is 344 g/mol. The molecule has 0 bridgehead atoms. The van der Waals surface area contributed by atoms with Crippen LogP contribution in [0.5, 0.6) is 5.75 Å². The fraction of sp³-hybridized carbons (Fsp3) is 0.111. The van der Waals surface area contributed by atoms with E-state index in [0.717, 1.165) is 5.39 Å². The van der Waals surface area contributed by atoms with Crippen LogP contribution in [0.2, 0.25) is 5.15 Å². The summed E-state index contributed by atoms with van der Waals surface area (Å²) in [7, 11) is 1.59. The second-order valence-electron chi connectivity index (χ2n) is 4.95. The molecule has 5 nitrogen and oxygen atoms in total. The summed E-state index contributed by atoms with van der Waals surface area (Å²) in [6, 6.07) is 10.8. The Labute approximate surface area is 143 Å². The molecule has 0 aliphatic rings. The molecule has 0 radical (unpaired) electrons. The van der Waals surface area contributed by atoms with Crippen LogP contribution in [0.25, 0.3) is 17.0 Å². The first kappa shape index (κ1) is 16.1. The lowest BCUT2D eigenvalue weighted by Gasteiger charge is -2.07. The molecule has 0 spiro atoms. The highest BCUT2D eigenvalue weighted by molar-refractivity contribution is 6.30. The number of furan rings is 1. The molecule has 24 heavy (non-hydrogen) atoms. The lowest BCUT2D eigenvalue weighted by molar-refractivity contribution is -0.138. The number of nitrogens with zero attached hydrogens (tertiary/aromatic N) is 1. The quantitative estimate of drug-likeness (QED) is 0.394. The van der Waals surface area contributed by atoms with Gasteiger partial charge < -0.3 is 13.9 Å². The number of carbonyl (C=O) groups excluding carboxylic acids is 1. The number of esters is 1. The molecule has 0 aliphatic heterocycles. The van der Waals surface area contributed by atoms with Crippen molar-refractivity contribution < 1.29 is 18.7 Å². The van der Waals surface area contributed by atoms with Crippen LogP contribution >= 0.6 is 11.6 Å². The Morgan fingerprint density at radius 3 is 2.96 bits per heavy atom. The van der Waals surface area contributed by atoms with Crippen LogP contribution in [-0.4, -0.2) is 18.1 Å². The van der Waals surface area contributed by atoms with Gasteiger partial charge >= 0.3 is 5.97 Å². The molecule has 3 aromatic rings. The average Bonchev–Trinajstić information content (AvgIpc) is 3.11. The minimum Gasteiger partial charge on any atom is -0.497 e. The predicted molar refractivity (Wildman–Crippen MR) is 90.8 cm³/mol. The largest absolute Gasteiger partial charge is 0.497 e. The Hall–Kier alpha value is -2.79. The molecule has 1 aromatic carbocycles. The van der Waals surface area contributed by atoms with E-state index in [2.05, 4.69) is 4.98 Å². The number of fused-ring (bicyclic) bond motifs is 1. The van der Waals surface area contributed by atoms with E-state index < -0.39 is 5.97 Å². The van der Waals surface area contributed by atoms with Gasteiger partial charge in [-0.1, -0.05) is 11.6 Å². The standard InChI is InChI=1S/C18H14ClNO4/c1-22-15-5-4-12-9-13(18(19)20-16(12)10-15)11-24-17(21)7-6-14-3-2-8-23-14/h2-10H,11H2,1H3/b7-6+. The Bertz CT molecular complexity index is 887. The monoisotopic (exact) mass is 343 g/mol. The fourth-order valence-electron chi connectivity index (χ4n) is 2.13. The van der Waals surface area contributed by atoms with Crippen molar-refractivity contribution in [2.24, 2.45) is 0 Å². The fourth-order valence-corrected chi connectivity index (χ4v) is 2.33. The summed E-state index contributed by atoms with van der Waals surface area (Å²) in [6.07, 6.45) is 4.36. The summed E-state index contributed by atoms with van der Waals surface area (Å²) in [6.45, 7) is 0.0368. The third kappa shape index (κ3) is 3.75. The van der Waals surface area contributed by atoms with Crippen molar-refractivity contribution in [2.45, 2.75) is 6.61 Å². The summed E-state index contributed by atoms with van der Waals surface area (Å²) in [5.74, 6) is 0.789. The van der Waals surface area contributed by atoms with Crippen LogP contribution < -0.4 is 4.74 Å². The summed E-state index contributed by atoms with van der Waals surface area (Å²) in [5.41, 5.74) is 1.35. The number of halogens is 1. The number of hydrogen-bond donors (Lipinski definition) is 0. The molecule has 0 atom stereocenters. The van der Waals surface area contributed by atoms with Gasteiger partial charge in [-0.15, -0.1) is 0 Å². The van der Waals surface area contributed by atoms with Gasteiger partial charge in [-0.05, 0) is 36.4 Å². The lowest BCUT2D eigenvalue weighted by atomic mass is 10.1. The number of pyridine rings is 1. The van der Waals surface area contributed by atoms with Crippen LogP contribution in [-0.2, 0) is 16.1 Å². The number of methoxy groups -OCH3 is 1. The third-order valence-electron chi connectivity index (χ3n) is 3.35. The van der Waals surface area contributed by atoms with Gasteiger partial charge in [0.1, 0.15) is 23.3 Å². The minimum absolute atomic E-state index is 0.0368. The number of hydrogen-bond acceptors (Lipinski definition) is 5. The summed E-state index contributed by atoms with van der Waals surface area (Å²) >= 11 is 6.16. The molecule has 0 aliphatic carbocycles. The summed E-state index contributed by atoms with van der Waals surface area (Å²) < 4.78 is 15.4.